The SMILES string of the molecule is NC1(c2cc(F)c(F)cc2O)CCC1. The lowest BCUT2D eigenvalue weighted by molar-refractivity contribution is 0.243. The first kappa shape index (κ1) is 9.40. The molecule has 2 nitrogen and oxygen atoms in total. The summed E-state index contributed by atoms with van der Waals surface area (Å²) in [4.78, 5) is 0. The molecule has 0 aliphatic heterocycles. The maximum absolute atomic E-state index is 12.9. The van der Waals surface area contributed by atoms with Crippen molar-refractivity contribution in [3.05, 3.63) is 29.3 Å². The van der Waals surface area contributed by atoms with E-state index < -0.39 is 17.2 Å². The molecule has 1 fully saturated rings. The van der Waals surface area contributed by atoms with Crippen molar-refractivity contribution < 1.29 is 13.9 Å². The third-order valence-corrected chi connectivity index (χ3v) is 2.82. The summed E-state index contributed by atoms with van der Waals surface area (Å²) in [6.45, 7) is 0. The zero-order valence-electron chi connectivity index (χ0n) is 7.56. The molecule has 2 rings (SSSR count). The van der Waals surface area contributed by atoms with Crippen LogP contribution in [0, 0.1) is 11.6 Å². The van der Waals surface area contributed by atoms with E-state index in [0.29, 0.717) is 18.4 Å². The highest BCUT2D eigenvalue weighted by Crippen LogP contribution is 2.42. The van der Waals surface area contributed by atoms with Crippen molar-refractivity contribution in [1.82, 2.24) is 0 Å². The van der Waals surface area contributed by atoms with Crippen LogP contribution >= 0.6 is 0 Å². The van der Waals surface area contributed by atoms with Crippen LogP contribution in [0.15, 0.2) is 12.1 Å². The van der Waals surface area contributed by atoms with Gasteiger partial charge in [-0.15, -0.1) is 0 Å². The van der Waals surface area contributed by atoms with Gasteiger partial charge in [0.15, 0.2) is 11.6 Å². The molecule has 0 amide bonds. The Morgan fingerprint density at radius 1 is 1.21 bits per heavy atom. The number of aromatic hydroxyl groups is 1. The van der Waals surface area contributed by atoms with E-state index in [4.69, 9.17) is 5.73 Å². The van der Waals surface area contributed by atoms with Crippen molar-refractivity contribution in [1.29, 1.82) is 0 Å². The summed E-state index contributed by atoms with van der Waals surface area (Å²) in [5, 5.41) is 9.43. The topological polar surface area (TPSA) is 46.2 Å². The number of nitrogens with two attached hydrogens (primary N) is 1. The predicted octanol–water partition coefficient (Wildman–Crippen LogP) is 2.01. The van der Waals surface area contributed by atoms with E-state index in [2.05, 4.69) is 0 Å². The Bertz CT molecular complexity index is 375. The van der Waals surface area contributed by atoms with E-state index in [-0.39, 0.29) is 5.75 Å². The van der Waals surface area contributed by atoms with Gasteiger partial charge >= 0.3 is 0 Å². The average molecular weight is 199 g/mol. The quantitative estimate of drug-likeness (QED) is 0.726. The summed E-state index contributed by atoms with van der Waals surface area (Å²) in [6.07, 6.45) is 2.35. The van der Waals surface area contributed by atoms with Crippen LogP contribution in [-0.4, -0.2) is 5.11 Å². The highest BCUT2D eigenvalue weighted by molar-refractivity contribution is 5.40. The number of phenolic OH excluding ortho intramolecular Hbond substituents is 1. The molecule has 0 radical (unpaired) electrons. The summed E-state index contributed by atoms with van der Waals surface area (Å²) < 4.78 is 25.6. The number of halogens is 2. The molecule has 1 aromatic rings. The second-order valence-electron chi connectivity index (χ2n) is 3.79. The molecule has 1 aliphatic carbocycles. The summed E-state index contributed by atoms with van der Waals surface area (Å²) in [7, 11) is 0. The van der Waals surface area contributed by atoms with Gasteiger partial charge in [-0.25, -0.2) is 8.78 Å². The number of benzene rings is 1. The van der Waals surface area contributed by atoms with Gasteiger partial charge in [-0.3, -0.25) is 0 Å². The molecule has 0 aromatic heterocycles. The van der Waals surface area contributed by atoms with Gasteiger partial charge in [0.2, 0.25) is 0 Å². The van der Waals surface area contributed by atoms with Gasteiger partial charge in [0, 0.05) is 17.2 Å². The predicted molar refractivity (Wildman–Crippen MR) is 47.7 cm³/mol. The van der Waals surface area contributed by atoms with Crippen molar-refractivity contribution in [2.45, 2.75) is 24.8 Å². The van der Waals surface area contributed by atoms with Crippen molar-refractivity contribution in [3.63, 3.8) is 0 Å². The van der Waals surface area contributed by atoms with Crippen molar-refractivity contribution in [2.75, 3.05) is 0 Å². The van der Waals surface area contributed by atoms with Crippen LogP contribution in [0.5, 0.6) is 5.75 Å². The van der Waals surface area contributed by atoms with Crippen LogP contribution in [0.25, 0.3) is 0 Å². The Hall–Kier alpha value is -1.16. The fourth-order valence-corrected chi connectivity index (χ4v) is 1.76. The first-order chi connectivity index (χ1) is 6.53. The Kier molecular flexibility index (Phi) is 1.96. The summed E-state index contributed by atoms with van der Waals surface area (Å²) >= 11 is 0. The van der Waals surface area contributed by atoms with Crippen molar-refractivity contribution in [3.8, 4) is 5.75 Å². The molecule has 14 heavy (non-hydrogen) atoms. The van der Waals surface area contributed by atoms with Crippen LogP contribution in [0.3, 0.4) is 0 Å². The minimum Gasteiger partial charge on any atom is -0.507 e. The summed E-state index contributed by atoms with van der Waals surface area (Å²) in [6, 6.07) is 1.77. The van der Waals surface area contributed by atoms with Gasteiger partial charge in [0.05, 0.1) is 0 Å². The van der Waals surface area contributed by atoms with Crippen molar-refractivity contribution in [2.24, 2.45) is 5.73 Å². The van der Waals surface area contributed by atoms with Gasteiger partial charge < -0.3 is 10.8 Å². The van der Waals surface area contributed by atoms with E-state index in [1.54, 1.807) is 0 Å². The minimum atomic E-state index is -1.05. The van der Waals surface area contributed by atoms with Crippen LogP contribution in [0.4, 0.5) is 8.78 Å². The standard InChI is InChI=1S/C10H11F2NO/c11-7-4-6(9(14)5-8(7)12)10(13)2-1-3-10/h4-5,14H,1-3,13H2. The van der Waals surface area contributed by atoms with E-state index in [1.807, 2.05) is 0 Å². The zero-order valence-corrected chi connectivity index (χ0v) is 7.56. The third kappa shape index (κ3) is 1.26. The molecule has 1 saturated carbocycles. The summed E-state index contributed by atoms with van der Waals surface area (Å²) in [5.74, 6) is -2.27. The molecule has 0 spiro atoms. The van der Waals surface area contributed by atoms with Crippen molar-refractivity contribution >= 4 is 0 Å². The lowest BCUT2D eigenvalue weighted by Gasteiger charge is -2.38. The van der Waals surface area contributed by atoms with E-state index in [0.717, 1.165) is 18.6 Å². The first-order valence-electron chi connectivity index (χ1n) is 4.50. The maximum Gasteiger partial charge on any atom is 0.162 e. The van der Waals surface area contributed by atoms with Crippen LogP contribution in [0.2, 0.25) is 0 Å². The largest absolute Gasteiger partial charge is 0.507 e. The molecule has 0 bridgehead atoms. The second kappa shape index (κ2) is 2.92. The highest BCUT2D eigenvalue weighted by Gasteiger charge is 2.37. The van der Waals surface area contributed by atoms with Crippen LogP contribution < -0.4 is 5.73 Å². The fraction of sp³-hybridized carbons (Fsp3) is 0.400. The Morgan fingerprint density at radius 3 is 2.29 bits per heavy atom. The number of rotatable bonds is 1. The van der Waals surface area contributed by atoms with Gasteiger partial charge in [0.25, 0.3) is 0 Å². The normalized spacial score (nSPS) is 19.1. The molecule has 4 heteroatoms. The number of hydrogen-bond acceptors (Lipinski definition) is 2. The van der Waals surface area contributed by atoms with Crippen LogP contribution in [-0.2, 0) is 5.54 Å². The molecule has 0 unspecified atom stereocenters. The molecule has 0 saturated heterocycles. The second-order valence-corrected chi connectivity index (χ2v) is 3.79. The molecular formula is C10H11F2NO. The Labute approximate surface area is 80.4 Å². The smallest absolute Gasteiger partial charge is 0.162 e. The minimum absolute atomic E-state index is 0.258. The lowest BCUT2D eigenvalue weighted by Crippen LogP contribution is -2.43. The molecule has 76 valence electrons. The molecule has 0 atom stereocenters. The summed E-state index contributed by atoms with van der Waals surface area (Å²) in [5.41, 5.74) is 5.53. The van der Waals surface area contributed by atoms with Gasteiger partial charge in [0.1, 0.15) is 5.75 Å². The molecule has 1 aromatic carbocycles. The van der Waals surface area contributed by atoms with Crippen LogP contribution in [0.1, 0.15) is 24.8 Å². The molecule has 1 aliphatic rings. The molecule has 3 N–H and O–H groups in total. The molecule has 0 heterocycles. The monoisotopic (exact) mass is 199 g/mol. The number of hydrogen-bond donors (Lipinski definition) is 2. The highest BCUT2D eigenvalue weighted by atomic mass is 19.2. The maximum atomic E-state index is 12.9. The lowest BCUT2D eigenvalue weighted by atomic mass is 9.72. The van der Waals surface area contributed by atoms with E-state index in [9.17, 15) is 13.9 Å². The zero-order chi connectivity index (χ0) is 10.3. The average Bonchev–Trinajstić information content (AvgIpc) is 2.07. The third-order valence-electron chi connectivity index (χ3n) is 2.82. The van der Waals surface area contributed by atoms with Gasteiger partial charge in [-0.05, 0) is 25.3 Å². The number of phenols is 1. The van der Waals surface area contributed by atoms with Gasteiger partial charge in [-0.2, -0.15) is 0 Å². The molecular weight excluding hydrogens is 188 g/mol. The Morgan fingerprint density at radius 2 is 1.79 bits per heavy atom. The Balaban J connectivity index is 2.48. The fourth-order valence-electron chi connectivity index (χ4n) is 1.76. The van der Waals surface area contributed by atoms with Gasteiger partial charge in [-0.1, -0.05) is 0 Å². The first-order valence-corrected chi connectivity index (χ1v) is 4.50. The van der Waals surface area contributed by atoms with E-state index in [1.165, 1.54) is 0 Å². The van der Waals surface area contributed by atoms with E-state index >= 15 is 0 Å².